The van der Waals surface area contributed by atoms with E-state index in [0.29, 0.717) is 12.5 Å². The van der Waals surface area contributed by atoms with Crippen LogP contribution in [0.4, 0.5) is 0 Å². The number of rotatable bonds is 6. The fraction of sp³-hybridized carbons (Fsp3) is 0.591. The Hall–Kier alpha value is -1.81. The number of ether oxygens (including phenoxy) is 1. The number of carbonyl (C=O) groups is 1. The van der Waals surface area contributed by atoms with Crippen molar-refractivity contribution in [2.75, 3.05) is 6.61 Å². The van der Waals surface area contributed by atoms with Crippen LogP contribution in [0.3, 0.4) is 0 Å². The molecule has 3 rings (SSSR count). The van der Waals surface area contributed by atoms with E-state index in [-0.39, 0.29) is 17.6 Å². The Labute approximate surface area is 156 Å². The molecular weight excluding hydrogens is 324 g/mol. The van der Waals surface area contributed by atoms with Crippen LogP contribution in [0.1, 0.15) is 65.0 Å². The SMILES string of the molecule is CC(C)n1cc(CCCC(=O)NC2CCOC(C)(C)C2)c2ccccc21. The number of carbonyl (C=O) groups excluding carboxylic acids is 1. The highest BCUT2D eigenvalue weighted by Gasteiger charge is 2.29. The van der Waals surface area contributed by atoms with Gasteiger partial charge in [-0.05, 0) is 65.0 Å². The van der Waals surface area contributed by atoms with Gasteiger partial charge in [0.05, 0.1) is 5.60 Å². The number of fused-ring (bicyclic) bond motifs is 1. The van der Waals surface area contributed by atoms with Crippen molar-refractivity contribution in [1.29, 1.82) is 0 Å². The fourth-order valence-corrected chi connectivity index (χ4v) is 4.00. The summed E-state index contributed by atoms with van der Waals surface area (Å²) in [5.74, 6) is 0.167. The summed E-state index contributed by atoms with van der Waals surface area (Å²) < 4.78 is 8.05. The van der Waals surface area contributed by atoms with Gasteiger partial charge in [0.25, 0.3) is 0 Å². The van der Waals surface area contributed by atoms with Crippen LogP contribution >= 0.6 is 0 Å². The van der Waals surface area contributed by atoms with Crippen LogP contribution < -0.4 is 5.32 Å². The van der Waals surface area contributed by atoms with Crippen LogP contribution in [0.25, 0.3) is 10.9 Å². The third-order valence-electron chi connectivity index (χ3n) is 5.29. The molecule has 0 bridgehead atoms. The quantitative estimate of drug-likeness (QED) is 0.821. The Morgan fingerprint density at radius 1 is 1.35 bits per heavy atom. The molecule has 1 N–H and O–H groups in total. The molecular formula is C22H32N2O2. The lowest BCUT2D eigenvalue weighted by molar-refractivity contribution is -0.124. The highest BCUT2D eigenvalue weighted by Crippen LogP contribution is 2.26. The molecule has 1 amide bonds. The van der Waals surface area contributed by atoms with Gasteiger partial charge in [-0.1, -0.05) is 18.2 Å². The average molecular weight is 357 g/mol. The summed E-state index contributed by atoms with van der Waals surface area (Å²) in [6, 6.07) is 9.23. The molecule has 1 aromatic heterocycles. The zero-order valence-electron chi connectivity index (χ0n) is 16.5. The molecule has 1 aliphatic rings. The summed E-state index contributed by atoms with van der Waals surface area (Å²) in [5.41, 5.74) is 2.50. The molecule has 4 heteroatoms. The predicted molar refractivity (Wildman–Crippen MR) is 106 cm³/mol. The van der Waals surface area contributed by atoms with E-state index in [0.717, 1.165) is 32.3 Å². The Balaban J connectivity index is 1.55. The fourth-order valence-electron chi connectivity index (χ4n) is 4.00. The normalized spacial score (nSPS) is 19.8. The van der Waals surface area contributed by atoms with Gasteiger partial charge in [0.1, 0.15) is 0 Å². The molecule has 0 aliphatic carbocycles. The van der Waals surface area contributed by atoms with Crippen LogP contribution in [-0.2, 0) is 16.0 Å². The van der Waals surface area contributed by atoms with E-state index in [2.05, 4.69) is 68.0 Å². The Bertz CT molecular complexity index is 761. The van der Waals surface area contributed by atoms with E-state index in [9.17, 15) is 4.79 Å². The topological polar surface area (TPSA) is 43.3 Å². The third-order valence-corrected chi connectivity index (χ3v) is 5.29. The standard InChI is InChI=1S/C22H32N2O2/c1-16(2)24-15-17(19-9-5-6-10-20(19)24)8-7-11-21(25)23-18-12-13-26-22(3,4)14-18/h5-6,9-10,15-16,18H,7-8,11-14H2,1-4H3,(H,23,25). The molecule has 1 aromatic carbocycles. The van der Waals surface area contributed by atoms with Crippen molar-refractivity contribution >= 4 is 16.8 Å². The van der Waals surface area contributed by atoms with Crippen LogP contribution in [0, 0.1) is 0 Å². The Kier molecular flexibility index (Phi) is 5.71. The zero-order chi connectivity index (χ0) is 18.7. The molecule has 4 nitrogen and oxygen atoms in total. The monoisotopic (exact) mass is 356 g/mol. The van der Waals surface area contributed by atoms with E-state index in [4.69, 9.17) is 4.74 Å². The van der Waals surface area contributed by atoms with Crippen LogP contribution in [0.5, 0.6) is 0 Å². The lowest BCUT2D eigenvalue weighted by Crippen LogP contribution is -2.45. The van der Waals surface area contributed by atoms with Gasteiger partial charge in [-0.3, -0.25) is 4.79 Å². The Morgan fingerprint density at radius 2 is 2.12 bits per heavy atom. The van der Waals surface area contributed by atoms with E-state index in [1.807, 2.05) is 0 Å². The molecule has 1 unspecified atom stereocenters. The summed E-state index contributed by atoms with van der Waals surface area (Å²) in [6.45, 7) is 9.33. The molecule has 0 radical (unpaired) electrons. The number of nitrogens with one attached hydrogen (secondary N) is 1. The molecule has 142 valence electrons. The van der Waals surface area contributed by atoms with Crippen molar-refractivity contribution < 1.29 is 9.53 Å². The van der Waals surface area contributed by atoms with Gasteiger partial charge in [-0.15, -0.1) is 0 Å². The molecule has 0 saturated carbocycles. The Morgan fingerprint density at radius 3 is 2.85 bits per heavy atom. The summed E-state index contributed by atoms with van der Waals surface area (Å²) >= 11 is 0. The van der Waals surface area contributed by atoms with Gasteiger partial charge in [-0.2, -0.15) is 0 Å². The third kappa shape index (κ3) is 4.47. The van der Waals surface area contributed by atoms with Gasteiger partial charge < -0.3 is 14.6 Å². The highest BCUT2D eigenvalue weighted by molar-refractivity contribution is 5.84. The second-order valence-electron chi connectivity index (χ2n) is 8.39. The van der Waals surface area contributed by atoms with Crippen molar-refractivity contribution in [1.82, 2.24) is 9.88 Å². The molecule has 1 fully saturated rings. The van der Waals surface area contributed by atoms with Crippen molar-refractivity contribution in [3.05, 3.63) is 36.0 Å². The summed E-state index contributed by atoms with van der Waals surface area (Å²) in [7, 11) is 0. The first-order valence-electron chi connectivity index (χ1n) is 9.87. The molecule has 2 aromatic rings. The average Bonchev–Trinajstić information content (AvgIpc) is 2.93. The summed E-state index contributed by atoms with van der Waals surface area (Å²) in [5, 5.41) is 4.51. The first kappa shape index (κ1) is 19.0. The van der Waals surface area contributed by atoms with Crippen LogP contribution in [0.2, 0.25) is 0 Å². The van der Waals surface area contributed by atoms with E-state index < -0.39 is 0 Å². The highest BCUT2D eigenvalue weighted by atomic mass is 16.5. The number of para-hydroxylation sites is 1. The first-order chi connectivity index (χ1) is 12.4. The summed E-state index contributed by atoms with van der Waals surface area (Å²) in [6.07, 6.45) is 6.46. The number of nitrogens with zero attached hydrogens (tertiary/aromatic N) is 1. The van der Waals surface area contributed by atoms with Crippen molar-refractivity contribution in [2.45, 2.75) is 77.5 Å². The zero-order valence-corrected chi connectivity index (χ0v) is 16.5. The lowest BCUT2D eigenvalue weighted by atomic mass is 9.94. The minimum Gasteiger partial charge on any atom is -0.375 e. The van der Waals surface area contributed by atoms with Crippen LogP contribution in [-0.4, -0.2) is 28.7 Å². The molecule has 1 aliphatic heterocycles. The van der Waals surface area contributed by atoms with E-state index >= 15 is 0 Å². The molecule has 1 atom stereocenters. The summed E-state index contributed by atoms with van der Waals surface area (Å²) in [4.78, 5) is 12.3. The van der Waals surface area contributed by atoms with Crippen LogP contribution in [0.15, 0.2) is 30.5 Å². The van der Waals surface area contributed by atoms with Crippen molar-refractivity contribution in [3.8, 4) is 0 Å². The number of aromatic nitrogens is 1. The van der Waals surface area contributed by atoms with Crippen molar-refractivity contribution in [3.63, 3.8) is 0 Å². The second kappa shape index (κ2) is 7.83. The van der Waals surface area contributed by atoms with Gasteiger partial charge in [0, 0.05) is 42.2 Å². The molecule has 26 heavy (non-hydrogen) atoms. The maximum atomic E-state index is 12.3. The lowest BCUT2D eigenvalue weighted by Gasteiger charge is -2.35. The number of amides is 1. The largest absolute Gasteiger partial charge is 0.375 e. The van der Waals surface area contributed by atoms with Gasteiger partial charge in [0.15, 0.2) is 0 Å². The predicted octanol–water partition coefficient (Wildman–Crippen LogP) is 4.62. The number of aryl methyl sites for hydroxylation is 1. The number of hydrogen-bond donors (Lipinski definition) is 1. The maximum absolute atomic E-state index is 12.3. The maximum Gasteiger partial charge on any atom is 0.220 e. The minimum atomic E-state index is -0.130. The smallest absolute Gasteiger partial charge is 0.220 e. The van der Waals surface area contributed by atoms with E-state index in [1.165, 1.54) is 16.5 Å². The molecule has 1 saturated heterocycles. The van der Waals surface area contributed by atoms with Gasteiger partial charge in [0.2, 0.25) is 5.91 Å². The molecule has 0 spiro atoms. The second-order valence-corrected chi connectivity index (χ2v) is 8.39. The number of benzene rings is 1. The first-order valence-corrected chi connectivity index (χ1v) is 9.87. The van der Waals surface area contributed by atoms with E-state index in [1.54, 1.807) is 0 Å². The van der Waals surface area contributed by atoms with Crippen molar-refractivity contribution in [2.24, 2.45) is 0 Å². The van der Waals surface area contributed by atoms with Gasteiger partial charge >= 0.3 is 0 Å². The van der Waals surface area contributed by atoms with Gasteiger partial charge in [-0.25, -0.2) is 0 Å². The number of hydrogen-bond acceptors (Lipinski definition) is 2. The minimum absolute atomic E-state index is 0.130. The molecule has 2 heterocycles.